The van der Waals surface area contributed by atoms with Crippen molar-refractivity contribution in [2.24, 2.45) is 0 Å². The van der Waals surface area contributed by atoms with E-state index < -0.39 is 5.97 Å². The molecule has 0 spiro atoms. The van der Waals surface area contributed by atoms with E-state index in [2.05, 4.69) is 23.4 Å². The first kappa shape index (κ1) is 23.7. The molecular formula is C25H33N3O4. The summed E-state index contributed by atoms with van der Waals surface area (Å²) in [5.41, 5.74) is 1.23. The zero-order valence-corrected chi connectivity index (χ0v) is 18.9. The summed E-state index contributed by atoms with van der Waals surface area (Å²) in [7, 11) is 0. The summed E-state index contributed by atoms with van der Waals surface area (Å²) in [5.74, 6) is -1.04. The Kier molecular flexibility index (Phi) is 9.01. The van der Waals surface area contributed by atoms with E-state index in [0.717, 1.165) is 44.9 Å². The van der Waals surface area contributed by atoms with Gasteiger partial charge in [0, 0.05) is 18.5 Å². The van der Waals surface area contributed by atoms with Crippen molar-refractivity contribution < 1.29 is 14.3 Å². The molecule has 1 aromatic carbocycles. The van der Waals surface area contributed by atoms with E-state index in [9.17, 15) is 14.4 Å². The van der Waals surface area contributed by atoms with E-state index in [1.807, 2.05) is 0 Å². The molecule has 1 aliphatic rings. The van der Waals surface area contributed by atoms with Gasteiger partial charge in [0.25, 0.3) is 11.5 Å². The van der Waals surface area contributed by atoms with Gasteiger partial charge < -0.3 is 10.1 Å². The Labute approximate surface area is 188 Å². The van der Waals surface area contributed by atoms with Crippen LogP contribution < -0.4 is 10.9 Å². The molecule has 0 unspecified atom stereocenters. The standard InChI is InChI=1S/C25H33N3O4/c1-2-3-4-10-17-28-24(30)21-14-9-8-13-20(21)23(27-28)25(31)32-18-22(29)26-16-15-19-11-6-5-7-12-19/h8-9,11,13-14H,2-7,10,12,15-18H2,1H3,(H,26,29). The maximum absolute atomic E-state index is 12.8. The highest BCUT2D eigenvalue weighted by atomic mass is 16.5. The molecule has 1 N–H and O–H groups in total. The van der Waals surface area contributed by atoms with Gasteiger partial charge in [-0.3, -0.25) is 9.59 Å². The number of carbonyl (C=O) groups is 2. The monoisotopic (exact) mass is 439 g/mol. The molecule has 0 saturated carbocycles. The number of allylic oxidation sites excluding steroid dienone is 1. The average molecular weight is 440 g/mol. The third-order valence-electron chi connectivity index (χ3n) is 5.77. The molecule has 1 heterocycles. The molecule has 2 aromatic rings. The number of aromatic nitrogens is 2. The number of carbonyl (C=O) groups excluding carboxylic acids is 2. The molecule has 0 atom stereocenters. The Morgan fingerprint density at radius 3 is 2.69 bits per heavy atom. The summed E-state index contributed by atoms with van der Waals surface area (Å²) in [6.45, 7) is 2.73. The van der Waals surface area contributed by atoms with Crippen LogP contribution in [-0.2, 0) is 16.1 Å². The maximum atomic E-state index is 12.8. The minimum absolute atomic E-state index is 0.0656. The van der Waals surface area contributed by atoms with Crippen LogP contribution in [0.1, 0.15) is 75.2 Å². The normalized spacial score (nSPS) is 13.6. The smallest absolute Gasteiger partial charge is 0.359 e. The topological polar surface area (TPSA) is 90.3 Å². The summed E-state index contributed by atoms with van der Waals surface area (Å²) in [6, 6.07) is 6.87. The fourth-order valence-corrected chi connectivity index (χ4v) is 3.97. The van der Waals surface area contributed by atoms with Gasteiger partial charge >= 0.3 is 5.97 Å². The van der Waals surface area contributed by atoms with Crippen LogP contribution in [0.4, 0.5) is 0 Å². The van der Waals surface area contributed by atoms with Crippen LogP contribution in [0.2, 0.25) is 0 Å². The molecule has 3 rings (SSSR count). The van der Waals surface area contributed by atoms with Gasteiger partial charge in [0.2, 0.25) is 0 Å². The minimum Gasteiger partial charge on any atom is -0.451 e. The molecule has 1 aliphatic carbocycles. The van der Waals surface area contributed by atoms with Gasteiger partial charge in [-0.05, 0) is 44.6 Å². The number of hydrogen-bond acceptors (Lipinski definition) is 5. The fourth-order valence-electron chi connectivity index (χ4n) is 3.97. The Bertz CT molecular complexity index is 1030. The van der Waals surface area contributed by atoms with Crippen LogP contribution in [0, 0.1) is 0 Å². The van der Waals surface area contributed by atoms with Crippen molar-refractivity contribution in [1.82, 2.24) is 15.1 Å². The Balaban J connectivity index is 1.62. The number of unbranched alkanes of at least 4 members (excludes halogenated alkanes) is 3. The van der Waals surface area contributed by atoms with E-state index in [0.29, 0.717) is 23.9 Å². The fraction of sp³-hybridized carbons (Fsp3) is 0.520. The van der Waals surface area contributed by atoms with Gasteiger partial charge in [-0.15, -0.1) is 0 Å². The molecule has 0 radical (unpaired) electrons. The Morgan fingerprint density at radius 2 is 1.94 bits per heavy atom. The molecule has 7 nitrogen and oxygen atoms in total. The second-order valence-electron chi connectivity index (χ2n) is 8.27. The molecule has 1 amide bonds. The van der Waals surface area contributed by atoms with Gasteiger partial charge in [0.05, 0.1) is 5.39 Å². The number of aryl methyl sites for hydroxylation is 1. The van der Waals surface area contributed by atoms with Crippen LogP contribution in [-0.4, -0.2) is 34.8 Å². The molecule has 172 valence electrons. The average Bonchev–Trinajstić information content (AvgIpc) is 2.82. The first-order valence-corrected chi connectivity index (χ1v) is 11.7. The Morgan fingerprint density at radius 1 is 1.12 bits per heavy atom. The summed E-state index contributed by atoms with van der Waals surface area (Å²) in [4.78, 5) is 37.6. The van der Waals surface area contributed by atoms with Crippen LogP contribution in [0.25, 0.3) is 10.8 Å². The number of ether oxygens (including phenoxy) is 1. The first-order chi connectivity index (χ1) is 15.6. The van der Waals surface area contributed by atoms with Crippen molar-refractivity contribution in [3.05, 3.63) is 52.0 Å². The lowest BCUT2D eigenvalue weighted by Crippen LogP contribution is -2.31. The molecular weight excluding hydrogens is 406 g/mol. The van der Waals surface area contributed by atoms with E-state index >= 15 is 0 Å². The third kappa shape index (κ3) is 6.52. The van der Waals surface area contributed by atoms with Crippen LogP contribution in [0.3, 0.4) is 0 Å². The zero-order valence-electron chi connectivity index (χ0n) is 18.9. The van der Waals surface area contributed by atoms with Gasteiger partial charge in [0.1, 0.15) is 0 Å². The molecule has 0 fully saturated rings. The quantitative estimate of drug-likeness (QED) is 0.323. The van der Waals surface area contributed by atoms with E-state index in [-0.39, 0.29) is 23.8 Å². The van der Waals surface area contributed by atoms with Gasteiger partial charge in [0.15, 0.2) is 12.3 Å². The SMILES string of the molecule is CCCCCCn1nc(C(=O)OCC(=O)NCCC2=CCCCC2)c2ccccc2c1=O. The molecule has 7 heteroatoms. The highest BCUT2D eigenvalue weighted by molar-refractivity contribution is 6.02. The third-order valence-corrected chi connectivity index (χ3v) is 5.77. The van der Waals surface area contributed by atoms with Crippen molar-refractivity contribution in [2.75, 3.05) is 13.2 Å². The lowest BCUT2D eigenvalue weighted by molar-refractivity contribution is -0.124. The number of amides is 1. The minimum atomic E-state index is -0.700. The number of nitrogens with one attached hydrogen (secondary N) is 1. The number of esters is 1. The lowest BCUT2D eigenvalue weighted by Gasteiger charge is -2.13. The number of benzene rings is 1. The van der Waals surface area contributed by atoms with Gasteiger partial charge in [-0.2, -0.15) is 5.10 Å². The highest BCUT2D eigenvalue weighted by Gasteiger charge is 2.19. The van der Waals surface area contributed by atoms with E-state index in [1.165, 1.54) is 23.1 Å². The number of hydrogen-bond donors (Lipinski definition) is 1. The maximum Gasteiger partial charge on any atom is 0.359 e. The van der Waals surface area contributed by atoms with Crippen molar-refractivity contribution >= 4 is 22.6 Å². The van der Waals surface area contributed by atoms with Gasteiger partial charge in [-0.25, -0.2) is 9.48 Å². The van der Waals surface area contributed by atoms with E-state index in [1.54, 1.807) is 24.3 Å². The van der Waals surface area contributed by atoms with Crippen molar-refractivity contribution in [1.29, 1.82) is 0 Å². The summed E-state index contributed by atoms with van der Waals surface area (Å²) in [6.07, 6.45) is 11.7. The second kappa shape index (κ2) is 12.2. The van der Waals surface area contributed by atoms with Crippen LogP contribution >= 0.6 is 0 Å². The number of rotatable bonds is 11. The van der Waals surface area contributed by atoms with Crippen LogP contribution in [0.5, 0.6) is 0 Å². The predicted octanol–water partition coefficient (Wildman–Crippen LogP) is 4.14. The largest absolute Gasteiger partial charge is 0.451 e. The summed E-state index contributed by atoms with van der Waals surface area (Å²) < 4.78 is 6.57. The van der Waals surface area contributed by atoms with Crippen molar-refractivity contribution in [2.45, 2.75) is 71.3 Å². The Hall–Kier alpha value is -2.96. The van der Waals surface area contributed by atoms with Gasteiger partial charge in [-0.1, -0.05) is 56.0 Å². The second-order valence-corrected chi connectivity index (χ2v) is 8.27. The van der Waals surface area contributed by atoms with Crippen molar-refractivity contribution in [3.63, 3.8) is 0 Å². The number of fused-ring (bicyclic) bond motifs is 1. The highest BCUT2D eigenvalue weighted by Crippen LogP contribution is 2.19. The lowest BCUT2D eigenvalue weighted by atomic mass is 9.97. The summed E-state index contributed by atoms with van der Waals surface area (Å²) >= 11 is 0. The molecule has 1 aromatic heterocycles. The molecule has 0 bridgehead atoms. The predicted molar refractivity (Wildman–Crippen MR) is 125 cm³/mol. The summed E-state index contributed by atoms with van der Waals surface area (Å²) in [5, 5.41) is 7.96. The molecule has 32 heavy (non-hydrogen) atoms. The van der Waals surface area contributed by atoms with Crippen molar-refractivity contribution in [3.8, 4) is 0 Å². The molecule has 0 saturated heterocycles. The first-order valence-electron chi connectivity index (χ1n) is 11.7. The van der Waals surface area contributed by atoms with Crippen LogP contribution in [0.15, 0.2) is 40.7 Å². The zero-order chi connectivity index (χ0) is 22.8. The number of nitrogens with zero attached hydrogens (tertiary/aromatic N) is 2. The van der Waals surface area contributed by atoms with E-state index in [4.69, 9.17) is 4.74 Å². The molecule has 0 aliphatic heterocycles.